The number of nitrogens with zero attached hydrogens (tertiary/aromatic N) is 6. The quantitative estimate of drug-likeness (QED) is 0.557. The van der Waals surface area contributed by atoms with Crippen LogP contribution >= 0.6 is 0 Å². The van der Waals surface area contributed by atoms with E-state index in [1.54, 1.807) is 22.9 Å². The third-order valence-electron chi connectivity index (χ3n) is 6.26. The van der Waals surface area contributed by atoms with Crippen molar-refractivity contribution in [2.24, 2.45) is 7.05 Å². The van der Waals surface area contributed by atoms with Crippen LogP contribution in [0.1, 0.15) is 24.2 Å². The van der Waals surface area contributed by atoms with E-state index in [1.807, 2.05) is 26.2 Å². The van der Waals surface area contributed by atoms with Gasteiger partial charge in [0.25, 0.3) is 5.91 Å². The maximum Gasteiger partial charge on any atom is 0.260 e. The summed E-state index contributed by atoms with van der Waals surface area (Å²) in [6.07, 6.45) is 2.14. The van der Waals surface area contributed by atoms with E-state index in [2.05, 4.69) is 42.7 Å². The number of aryl methyl sites for hydroxylation is 1. The fourth-order valence-electron chi connectivity index (χ4n) is 4.61. The van der Waals surface area contributed by atoms with Gasteiger partial charge in [-0.25, -0.2) is 0 Å². The van der Waals surface area contributed by atoms with Gasteiger partial charge in [0.15, 0.2) is 11.6 Å². The van der Waals surface area contributed by atoms with E-state index in [0.29, 0.717) is 36.5 Å². The number of ether oxygens (including phenoxy) is 2. The van der Waals surface area contributed by atoms with Gasteiger partial charge in [0, 0.05) is 50.4 Å². The Bertz CT molecular complexity index is 1160. The molecule has 11 heteroatoms. The van der Waals surface area contributed by atoms with Crippen LogP contribution in [0.4, 0.5) is 11.6 Å². The molecule has 2 atom stereocenters. The minimum Gasteiger partial charge on any atom is -0.493 e. The molecule has 1 amide bonds. The Morgan fingerprint density at radius 3 is 2.88 bits per heavy atom. The number of rotatable bonds is 6. The number of anilines is 2. The molecule has 2 fully saturated rings. The Labute approximate surface area is 198 Å². The lowest BCUT2D eigenvalue weighted by Gasteiger charge is -2.42. The molecule has 4 heterocycles. The van der Waals surface area contributed by atoms with Gasteiger partial charge in [-0.2, -0.15) is 5.10 Å². The van der Waals surface area contributed by atoms with Crippen molar-refractivity contribution in [3.63, 3.8) is 0 Å². The van der Waals surface area contributed by atoms with Crippen molar-refractivity contribution in [2.75, 3.05) is 49.8 Å². The third kappa shape index (κ3) is 4.54. The Morgan fingerprint density at radius 2 is 2.18 bits per heavy atom. The molecule has 2 aromatic heterocycles. The van der Waals surface area contributed by atoms with E-state index in [-0.39, 0.29) is 12.1 Å². The summed E-state index contributed by atoms with van der Waals surface area (Å²) in [4.78, 5) is 17.7. The molecule has 0 radical (unpaired) electrons. The summed E-state index contributed by atoms with van der Waals surface area (Å²) in [6, 6.07) is 7.61. The second-order valence-corrected chi connectivity index (χ2v) is 8.64. The zero-order chi connectivity index (χ0) is 23.7. The second-order valence-electron chi connectivity index (χ2n) is 8.64. The molecule has 0 bridgehead atoms. The molecule has 1 aromatic carbocycles. The summed E-state index contributed by atoms with van der Waals surface area (Å²) < 4.78 is 12.9. The highest BCUT2D eigenvalue weighted by atomic mass is 16.5. The van der Waals surface area contributed by atoms with Crippen molar-refractivity contribution < 1.29 is 14.3 Å². The van der Waals surface area contributed by atoms with Gasteiger partial charge in [0.05, 0.1) is 37.2 Å². The van der Waals surface area contributed by atoms with Crippen LogP contribution < -0.4 is 20.3 Å². The minimum atomic E-state index is -0.301. The molecule has 5 rings (SSSR count). The van der Waals surface area contributed by atoms with E-state index in [1.165, 1.54) is 0 Å². The predicted octanol–water partition coefficient (Wildman–Crippen LogP) is 1.43. The van der Waals surface area contributed by atoms with Crippen molar-refractivity contribution in [1.82, 2.24) is 30.2 Å². The van der Waals surface area contributed by atoms with Crippen LogP contribution in [0.25, 0.3) is 10.9 Å². The number of nitrogens with one attached hydrogen (secondary N) is 2. The summed E-state index contributed by atoms with van der Waals surface area (Å²) >= 11 is 0. The highest BCUT2D eigenvalue weighted by Gasteiger charge is 2.31. The zero-order valence-corrected chi connectivity index (χ0v) is 19.7. The first kappa shape index (κ1) is 22.5. The molecule has 0 spiro atoms. The normalized spacial score (nSPS) is 21.2. The predicted molar refractivity (Wildman–Crippen MR) is 128 cm³/mol. The highest BCUT2D eigenvalue weighted by Crippen LogP contribution is 2.26. The fourth-order valence-corrected chi connectivity index (χ4v) is 4.61. The lowest BCUT2D eigenvalue weighted by Crippen LogP contribution is -2.58. The van der Waals surface area contributed by atoms with E-state index in [9.17, 15) is 4.79 Å². The smallest absolute Gasteiger partial charge is 0.260 e. The Balaban J connectivity index is 1.26. The molecule has 2 aliphatic heterocycles. The van der Waals surface area contributed by atoms with Crippen LogP contribution in [-0.2, 0) is 11.8 Å². The van der Waals surface area contributed by atoms with Gasteiger partial charge in [0.1, 0.15) is 5.75 Å². The van der Waals surface area contributed by atoms with Crippen molar-refractivity contribution in [2.45, 2.75) is 26.1 Å². The third-order valence-corrected chi connectivity index (χ3v) is 6.26. The van der Waals surface area contributed by atoms with E-state index in [4.69, 9.17) is 9.47 Å². The molecule has 1 unspecified atom stereocenters. The molecular formula is C23H30N8O3. The summed E-state index contributed by atoms with van der Waals surface area (Å²) in [5, 5.41) is 20.1. The van der Waals surface area contributed by atoms with E-state index in [0.717, 1.165) is 43.0 Å². The number of aromatic nitrogens is 4. The van der Waals surface area contributed by atoms with Gasteiger partial charge in [-0.3, -0.25) is 19.7 Å². The Kier molecular flexibility index (Phi) is 6.31. The van der Waals surface area contributed by atoms with Crippen LogP contribution in [0.3, 0.4) is 0 Å². The molecule has 180 valence electrons. The van der Waals surface area contributed by atoms with Gasteiger partial charge in [-0.1, -0.05) is 0 Å². The molecular weight excluding hydrogens is 436 g/mol. The Morgan fingerprint density at radius 1 is 1.29 bits per heavy atom. The number of hydrogen-bond donors (Lipinski definition) is 2. The molecule has 3 aromatic rings. The average molecular weight is 467 g/mol. The van der Waals surface area contributed by atoms with E-state index >= 15 is 0 Å². The summed E-state index contributed by atoms with van der Waals surface area (Å²) in [5.41, 5.74) is 1.21. The molecule has 34 heavy (non-hydrogen) atoms. The SMILES string of the molecule is CCOc1cc2nn(C)cc2cc1C(=O)Nc1ccc(N2CCN(C3COCN3)[C@@H](C)C2)nn1. The number of hydrogen-bond acceptors (Lipinski definition) is 9. The minimum absolute atomic E-state index is 0.272. The van der Waals surface area contributed by atoms with Gasteiger partial charge in [-0.05, 0) is 32.0 Å². The Hall–Kier alpha value is -3.28. The molecule has 0 aliphatic carbocycles. The number of piperazine rings is 1. The molecule has 2 saturated heterocycles. The number of benzene rings is 1. The van der Waals surface area contributed by atoms with Crippen molar-refractivity contribution in [3.8, 4) is 5.75 Å². The largest absolute Gasteiger partial charge is 0.493 e. The molecule has 0 saturated carbocycles. The number of carbonyl (C=O) groups excluding carboxylic acids is 1. The first-order chi connectivity index (χ1) is 16.5. The van der Waals surface area contributed by atoms with E-state index < -0.39 is 0 Å². The van der Waals surface area contributed by atoms with Crippen LogP contribution in [0.5, 0.6) is 5.75 Å². The monoisotopic (exact) mass is 466 g/mol. The maximum absolute atomic E-state index is 13.0. The van der Waals surface area contributed by atoms with Crippen molar-refractivity contribution in [3.05, 3.63) is 36.0 Å². The maximum atomic E-state index is 13.0. The summed E-state index contributed by atoms with van der Waals surface area (Å²) in [7, 11) is 1.85. The topological polar surface area (TPSA) is 110 Å². The summed E-state index contributed by atoms with van der Waals surface area (Å²) in [6.45, 7) is 8.49. The second kappa shape index (κ2) is 9.53. The fraction of sp³-hybridized carbons (Fsp3) is 0.478. The summed E-state index contributed by atoms with van der Waals surface area (Å²) in [5.74, 6) is 1.38. The lowest BCUT2D eigenvalue weighted by molar-refractivity contribution is 0.101. The van der Waals surface area contributed by atoms with Crippen molar-refractivity contribution in [1.29, 1.82) is 0 Å². The van der Waals surface area contributed by atoms with Crippen LogP contribution in [0.15, 0.2) is 30.5 Å². The van der Waals surface area contributed by atoms with Gasteiger partial charge < -0.3 is 19.7 Å². The van der Waals surface area contributed by atoms with Crippen LogP contribution in [-0.4, -0.2) is 82.6 Å². The first-order valence-electron chi connectivity index (χ1n) is 11.6. The number of fused-ring (bicyclic) bond motifs is 1. The number of carbonyl (C=O) groups is 1. The van der Waals surface area contributed by atoms with Gasteiger partial charge in [0.2, 0.25) is 0 Å². The lowest BCUT2D eigenvalue weighted by atomic mass is 10.1. The zero-order valence-electron chi connectivity index (χ0n) is 19.7. The first-order valence-corrected chi connectivity index (χ1v) is 11.6. The molecule has 2 aliphatic rings. The van der Waals surface area contributed by atoms with Crippen LogP contribution in [0.2, 0.25) is 0 Å². The molecule has 2 N–H and O–H groups in total. The van der Waals surface area contributed by atoms with Gasteiger partial charge >= 0.3 is 0 Å². The van der Waals surface area contributed by atoms with Crippen molar-refractivity contribution >= 4 is 28.4 Å². The van der Waals surface area contributed by atoms with Gasteiger partial charge in [-0.15, -0.1) is 10.2 Å². The van der Waals surface area contributed by atoms with Crippen LogP contribution in [0, 0.1) is 0 Å². The molecule has 11 nitrogen and oxygen atoms in total. The number of amides is 1. The average Bonchev–Trinajstić information content (AvgIpc) is 3.48. The highest BCUT2D eigenvalue weighted by molar-refractivity contribution is 6.08. The standard InChI is InChI=1S/C23H30N8O3/c1-4-34-19-10-18-16(12-29(3)28-18)9-17(19)23(32)25-20-5-6-21(27-26-20)30-7-8-31(15(2)11-30)22-13-33-14-24-22/h5-6,9-10,12,15,22,24H,4,7-8,11,13-14H2,1-3H3,(H,25,26,32)/t15-,22?/m0/s1.